The Morgan fingerprint density at radius 1 is 0.912 bits per heavy atom. The molecule has 0 saturated heterocycles. The van der Waals surface area contributed by atoms with E-state index in [9.17, 15) is 14.4 Å². The van der Waals surface area contributed by atoms with Gasteiger partial charge in [0.1, 0.15) is 13.2 Å². The van der Waals surface area contributed by atoms with Crippen molar-refractivity contribution in [3.05, 3.63) is 89.5 Å². The molecule has 4 rings (SSSR count). The lowest BCUT2D eigenvalue weighted by molar-refractivity contribution is -0.137. The minimum absolute atomic E-state index is 0.0375. The van der Waals surface area contributed by atoms with E-state index >= 15 is 0 Å². The third kappa shape index (κ3) is 5.26. The molecular weight excluding hydrogens is 432 g/mol. The van der Waals surface area contributed by atoms with Crippen molar-refractivity contribution in [3.8, 4) is 11.1 Å². The zero-order valence-electron chi connectivity index (χ0n) is 18.8. The largest absolute Gasteiger partial charge is 0.481 e. The van der Waals surface area contributed by atoms with E-state index in [1.54, 1.807) is 24.3 Å². The van der Waals surface area contributed by atoms with Crippen molar-refractivity contribution < 1.29 is 24.2 Å². The van der Waals surface area contributed by atoms with Crippen LogP contribution in [-0.2, 0) is 14.3 Å². The van der Waals surface area contributed by atoms with Crippen molar-refractivity contribution in [1.82, 2.24) is 5.32 Å². The quantitative estimate of drug-likeness (QED) is 0.452. The average Bonchev–Trinajstić information content (AvgIpc) is 3.15. The standard InChI is InChI=1S/C27H26N2O5/c1-17(14-26(31)32)18-10-12-19(13-11-18)29-25(30)15-28-27(33)34-16-24-22-8-4-2-6-20(22)21-7-3-5-9-23(21)24/h2-13,17,24H,14-16H2,1H3,(H,28,33)(H,29,30)(H,31,32). The average molecular weight is 459 g/mol. The van der Waals surface area contributed by atoms with Crippen LogP contribution in [0.5, 0.6) is 0 Å². The maximum absolute atomic E-state index is 12.2. The number of aliphatic carboxylic acids is 1. The van der Waals surface area contributed by atoms with Gasteiger partial charge in [0.2, 0.25) is 5.91 Å². The third-order valence-corrected chi connectivity index (χ3v) is 5.98. The molecule has 0 saturated carbocycles. The number of carboxylic acid groups (broad SMARTS) is 1. The van der Waals surface area contributed by atoms with E-state index in [2.05, 4.69) is 22.8 Å². The fraction of sp³-hybridized carbons (Fsp3) is 0.222. The molecular formula is C27H26N2O5. The molecule has 0 aromatic heterocycles. The number of carbonyl (C=O) groups is 3. The molecule has 1 aliphatic rings. The fourth-order valence-electron chi connectivity index (χ4n) is 4.28. The van der Waals surface area contributed by atoms with E-state index in [4.69, 9.17) is 9.84 Å². The van der Waals surface area contributed by atoms with Crippen molar-refractivity contribution in [2.45, 2.75) is 25.2 Å². The normalized spacial score (nSPS) is 12.9. The van der Waals surface area contributed by atoms with Gasteiger partial charge in [-0.25, -0.2) is 4.79 Å². The van der Waals surface area contributed by atoms with Crippen LogP contribution < -0.4 is 10.6 Å². The molecule has 3 N–H and O–H groups in total. The summed E-state index contributed by atoms with van der Waals surface area (Å²) in [6, 6.07) is 23.1. The van der Waals surface area contributed by atoms with E-state index in [0.29, 0.717) is 5.69 Å². The van der Waals surface area contributed by atoms with E-state index in [1.807, 2.05) is 43.3 Å². The summed E-state index contributed by atoms with van der Waals surface area (Å²) in [7, 11) is 0. The van der Waals surface area contributed by atoms with Gasteiger partial charge in [-0.2, -0.15) is 0 Å². The van der Waals surface area contributed by atoms with Gasteiger partial charge in [0.15, 0.2) is 0 Å². The molecule has 1 unspecified atom stereocenters. The first-order valence-corrected chi connectivity index (χ1v) is 11.1. The number of benzene rings is 3. The number of alkyl carbamates (subject to hydrolysis) is 1. The number of amides is 2. The maximum atomic E-state index is 12.2. The summed E-state index contributed by atoms with van der Waals surface area (Å²) in [6.07, 6.45) is -0.620. The van der Waals surface area contributed by atoms with E-state index in [1.165, 1.54) is 0 Å². The smallest absolute Gasteiger partial charge is 0.407 e. The van der Waals surface area contributed by atoms with Crippen LogP contribution in [0.4, 0.5) is 10.5 Å². The summed E-state index contributed by atoms with van der Waals surface area (Å²) >= 11 is 0. The predicted molar refractivity (Wildman–Crippen MR) is 129 cm³/mol. The summed E-state index contributed by atoms with van der Waals surface area (Å²) < 4.78 is 5.44. The predicted octanol–water partition coefficient (Wildman–Crippen LogP) is 4.74. The summed E-state index contributed by atoms with van der Waals surface area (Å²) in [5.41, 5.74) is 5.97. The number of hydrogen-bond donors (Lipinski definition) is 3. The van der Waals surface area contributed by atoms with Crippen LogP contribution in [0.1, 0.15) is 41.9 Å². The molecule has 1 aliphatic carbocycles. The lowest BCUT2D eigenvalue weighted by atomic mass is 9.98. The Labute approximate surface area is 197 Å². The molecule has 7 heteroatoms. The topological polar surface area (TPSA) is 105 Å². The molecule has 0 bridgehead atoms. The Kier molecular flexibility index (Phi) is 6.92. The molecule has 3 aromatic rings. The monoisotopic (exact) mass is 458 g/mol. The first kappa shape index (κ1) is 23.0. The zero-order valence-corrected chi connectivity index (χ0v) is 18.8. The van der Waals surface area contributed by atoms with E-state index < -0.39 is 12.1 Å². The third-order valence-electron chi connectivity index (χ3n) is 5.98. The Morgan fingerprint density at radius 2 is 1.50 bits per heavy atom. The fourth-order valence-corrected chi connectivity index (χ4v) is 4.28. The van der Waals surface area contributed by atoms with Crippen LogP contribution in [0.3, 0.4) is 0 Å². The Morgan fingerprint density at radius 3 is 2.09 bits per heavy atom. The maximum Gasteiger partial charge on any atom is 0.407 e. The van der Waals surface area contributed by atoms with Gasteiger partial charge in [-0.3, -0.25) is 9.59 Å². The minimum atomic E-state index is -0.857. The summed E-state index contributed by atoms with van der Waals surface area (Å²) in [5.74, 6) is -1.42. The highest BCUT2D eigenvalue weighted by atomic mass is 16.5. The highest BCUT2D eigenvalue weighted by Gasteiger charge is 2.29. The van der Waals surface area contributed by atoms with Crippen LogP contribution in [0, 0.1) is 0 Å². The molecule has 174 valence electrons. The van der Waals surface area contributed by atoms with E-state index in [0.717, 1.165) is 27.8 Å². The number of carboxylic acids is 1. The molecule has 0 spiro atoms. The summed E-state index contributed by atoms with van der Waals surface area (Å²) in [6.45, 7) is 1.78. The summed E-state index contributed by atoms with van der Waals surface area (Å²) in [4.78, 5) is 35.3. The molecule has 0 aliphatic heterocycles. The van der Waals surface area contributed by atoms with Crippen molar-refractivity contribution in [1.29, 1.82) is 0 Å². The number of carbonyl (C=O) groups excluding carboxylic acids is 2. The molecule has 3 aromatic carbocycles. The highest BCUT2D eigenvalue weighted by molar-refractivity contribution is 5.93. The van der Waals surface area contributed by atoms with Gasteiger partial charge in [-0.15, -0.1) is 0 Å². The van der Waals surface area contributed by atoms with Gasteiger partial charge < -0.3 is 20.5 Å². The Bertz CT molecular complexity index is 1160. The van der Waals surface area contributed by atoms with Gasteiger partial charge in [0.25, 0.3) is 0 Å². The van der Waals surface area contributed by atoms with Gasteiger partial charge in [0, 0.05) is 11.6 Å². The number of fused-ring (bicyclic) bond motifs is 3. The number of ether oxygens (including phenoxy) is 1. The molecule has 34 heavy (non-hydrogen) atoms. The second-order valence-corrected chi connectivity index (χ2v) is 8.35. The minimum Gasteiger partial charge on any atom is -0.481 e. The highest BCUT2D eigenvalue weighted by Crippen LogP contribution is 2.44. The molecule has 0 fully saturated rings. The zero-order chi connectivity index (χ0) is 24.1. The van der Waals surface area contributed by atoms with Gasteiger partial charge in [-0.1, -0.05) is 67.6 Å². The lowest BCUT2D eigenvalue weighted by Gasteiger charge is -2.14. The number of anilines is 1. The molecule has 2 amide bonds. The van der Waals surface area contributed by atoms with Crippen molar-refractivity contribution in [2.24, 2.45) is 0 Å². The van der Waals surface area contributed by atoms with Crippen molar-refractivity contribution in [2.75, 3.05) is 18.5 Å². The number of nitrogens with one attached hydrogen (secondary N) is 2. The molecule has 1 atom stereocenters. The number of rotatable bonds is 8. The second kappa shape index (κ2) is 10.2. The van der Waals surface area contributed by atoms with Crippen LogP contribution in [0.2, 0.25) is 0 Å². The molecule has 0 heterocycles. The van der Waals surface area contributed by atoms with Gasteiger partial charge in [0.05, 0.1) is 6.42 Å². The lowest BCUT2D eigenvalue weighted by Crippen LogP contribution is -2.33. The van der Waals surface area contributed by atoms with Gasteiger partial charge in [-0.05, 0) is 45.9 Å². The SMILES string of the molecule is CC(CC(=O)O)c1ccc(NC(=O)CNC(=O)OCC2c3ccccc3-c3ccccc32)cc1. The Balaban J connectivity index is 1.26. The van der Waals surface area contributed by atoms with Crippen molar-refractivity contribution in [3.63, 3.8) is 0 Å². The number of hydrogen-bond acceptors (Lipinski definition) is 4. The van der Waals surface area contributed by atoms with Crippen LogP contribution in [-0.4, -0.2) is 36.2 Å². The molecule has 7 nitrogen and oxygen atoms in total. The van der Waals surface area contributed by atoms with Crippen LogP contribution in [0.15, 0.2) is 72.8 Å². The molecule has 0 radical (unpaired) electrons. The first-order valence-electron chi connectivity index (χ1n) is 11.1. The first-order chi connectivity index (χ1) is 16.4. The van der Waals surface area contributed by atoms with Crippen LogP contribution >= 0.6 is 0 Å². The van der Waals surface area contributed by atoms with Gasteiger partial charge >= 0.3 is 12.1 Å². The van der Waals surface area contributed by atoms with Crippen molar-refractivity contribution >= 4 is 23.7 Å². The van der Waals surface area contributed by atoms with E-state index in [-0.39, 0.29) is 37.3 Å². The van der Waals surface area contributed by atoms with Crippen LogP contribution in [0.25, 0.3) is 11.1 Å². The Hall–Kier alpha value is -4.13. The summed E-state index contributed by atoms with van der Waals surface area (Å²) in [5, 5.41) is 14.1. The second-order valence-electron chi connectivity index (χ2n) is 8.35.